The van der Waals surface area contributed by atoms with Crippen LogP contribution in [0.15, 0.2) is 18.2 Å². The Hall–Kier alpha value is -0.740. The van der Waals surface area contributed by atoms with Gasteiger partial charge in [0.15, 0.2) is 0 Å². The summed E-state index contributed by atoms with van der Waals surface area (Å²) in [6.07, 6.45) is -0.910. The second-order valence-electron chi connectivity index (χ2n) is 4.67. The number of aryl methyl sites for hydroxylation is 1. The highest BCUT2D eigenvalue weighted by Crippen LogP contribution is 2.38. The normalized spacial score (nSPS) is 18.2. The molecule has 1 nitrogen and oxygen atoms in total. The maximum Gasteiger partial charge on any atom is 0.417 e. The minimum Gasteiger partial charge on any atom is -0.325 e. The van der Waals surface area contributed by atoms with Crippen molar-refractivity contribution in [2.24, 2.45) is 5.73 Å². The van der Waals surface area contributed by atoms with Crippen molar-refractivity contribution in [2.45, 2.75) is 37.4 Å². The van der Waals surface area contributed by atoms with Gasteiger partial charge in [-0.25, -0.2) is 0 Å². The van der Waals surface area contributed by atoms with Crippen molar-refractivity contribution in [1.29, 1.82) is 0 Å². The zero-order valence-corrected chi connectivity index (χ0v) is 9.91. The molecule has 0 heterocycles. The topological polar surface area (TPSA) is 26.0 Å². The molecular formula is C12H13ClF3N. The number of alkyl halides is 3. The summed E-state index contributed by atoms with van der Waals surface area (Å²) in [5.74, 6) is 0. The fourth-order valence-corrected chi connectivity index (χ4v) is 2.06. The van der Waals surface area contributed by atoms with Gasteiger partial charge in [-0.1, -0.05) is 17.7 Å². The molecule has 0 amide bonds. The highest BCUT2D eigenvalue weighted by molar-refractivity contribution is 6.31. The monoisotopic (exact) mass is 263 g/mol. The van der Waals surface area contributed by atoms with Crippen LogP contribution in [-0.4, -0.2) is 5.54 Å². The van der Waals surface area contributed by atoms with Crippen LogP contribution in [0.25, 0.3) is 0 Å². The van der Waals surface area contributed by atoms with E-state index in [2.05, 4.69) is 0 Å². The van der Waals surface area contributed by atoms with Gasteiger partial charge in [-0.2, -0.15) is 13.2 Å². The molecule has 0 radical (unpaired) electrons. The molecule has 0 atom stereocenters. The first-order valence-corrected chi connectivity index (χ1v) is 5.82. The molecule has 5 heteroatoms. The van der Waals surface area contributed by atoms with E-state index in [4.69, 9.17) is 17.3 Å². The minimum atomic E-state index is -4.39. The molecule has 94 valence electrons. The van der Waals surface area contributed by atoms with Crippen molar-refractivity contribution in [3.8, 4) is 0 Å². The summed E-state index contributed by atoms with van der Waals surface area (Å²) in [6.45, 7) is 0. The number of hydrogen-bond donors (Lipinski definition) is 1. The zero-order chi connectivity index (χ0) is 12.7. The van der Waals surface area contributed by atoms with E-state index in [0.717, 1.165) is 30.9 Å². The van der Waals surface area contributed by atoms with Crippen molar-refractivity contribution < 1.29 is 13.2 Å². The summed E-state index contributed by atoms with van der Waals surface area (Å²) in [5.41, 5.74) is 5.86. The molecule has 0 saturated heterocycles. The summed E-state index contributed by atoms with van der Waals surface area (Å²) < 4.78 is 37.4. The van der Waals surface area contributed by atoms with Gasteiger partial charge in [0.05, 0.1) is 10.6 Å². The van der Waals surface area contributed by atoms with Crippen LogP contribution < -0.4 is 5.73 Å². The molecule has 17 heavy (non-hydrogen) atoms. The van der Waals surface area contributed by atoms with Crippen LogP contribution in [0.5, 0.6) is 0 Å². The second-order valence-corrected chi connectivity index (χ2v) is 5.08. The molecule has 0 aromatic heterocycles. The van der Waals surface area contributed by atoms with Crippen LogP contribution in [0.3, 0.4) is 0 Å². The molecule has 2 N–H and O–H groups in total. The quantitative estimate of drug-likeness (QED) is 0.882. The predicted molar refractivity (Wildman–Crippen MR) is 60.9 cm³/mol. The van der Waals surface area contributed by atoms with Crippen molar-refractivity contribution >= 4 is 11.6 Å². The van der Waals surface area contributed by atoms with Crippen LogP contribution in [0.4, 0.5) is 13.2 Å². The van der Waals surface area contributed by atoms with E-state index in [1.54, 1.807) is 0 Å². The molecule has 1 aliphatic rings. The van der Waals surface area contributed by atoms with Crippen LogP contribution in [0.2, 0.25) is 5.02 Å². The van der Waals surface area contributed by atoms with E-state index in [1.165, 1.54) is 12.1 Å². The first kappa shape index (κ1) is 12.7. The molecular weight excluding hydrogens is 251 g/mol. The third-order valence-corrected chi connectivity index (χ3v) is 3.46. The summed E-state index contributed by atoms with van der Waals surface area (Å²) in [5, 5.41) is -0.239. The lowest BCUT2D eigenvalue weighted by molar-refractivity contribution is -0.137. The Morgan fingerprint density at radius 2 is 1.94 bits per heavy atom. The predicted octanol–water partition coefficient (Wildman–Crippen LogP) is 3.78. The Labute approximate surface area is 103 Å². The van der Waals surface area contributed by atoms with Crippen molar-refractivity contribution in [3.63, 3.8) is 0 Å². The van der Waals surface area contributed by atoms with E-state index in [-0.39, 0.29) is 10.6 Å². The molecule has 1 fully saturated rings. The van der Waals surface area contributed by atoms with Crippen molar-refractivity contribution in [1.82, 2.24) is 0 Å². The van der Waals surface area contributed by atoms with Crippen LogP contribution in [0, 0.1) is 0 Å². The third-order valence-electron chi connectivity index (χ3n) is 3.14. The average molecular weight is 264 g/mol. The number of halogens is 4. The Bertz CT molecular complexity index is 424. The van der Waals surface area contributed by atoms with Crippen LogP contribution >= 0.6 is 11.6 Å². The molecule has 2 rings (SSSR count). The number of hydrogen-bond acceptors (Lipinski definition) is 1. The lowest BCUT2D eigenvalue weighted by Crippen LogP contribution is -2.22. The van der Waals surface area contributed by atoms with Gasteiger partial charge in [0, 0.05) is 5.54 Å². The van der Waals surface area contributed by atoms with Crippen LogP contribution in [0.1, 0.15) is 30.4 Å². The number of rotatable bonds is 3. The molecule has 1 aliphatic carbocycles. The molecule has 0 aliphatic heterocycles. The molecule has 1 aromatic carbocycles. The number of nitrogens with two attached hydrogens (primary N) is 1. The molecule has 0 unspecified atom stereocenters. The van der Waals surface area contributed by atoms with Gasteiger partial charge >= 0.3 is 6.18 Å². The molecule has 1 saturated carbocycles. The molecule has 1 aromatic rings. The zero-order valence-electron chi connectivity index (χ0n) is 9.15. The largest absolute Gasteiger partial charge is 0.417 e. The van der Waals surface area contributed by atoms with Gasteiger partial charge in [-0.05, 0) is 43.4 Å². The third kappa shape index (κ3) is 3.13. The molecule has 0 spiro atoms. The summed E-state index contributed by atoms with van der Waals surface area (Å²) in [7, 11) is 0. The van der Waals surface area contributed by atoms with Gasteiger partial charge < -0.3 is 5.73 Å². The Morgan fingerprint density at radius 1 is 1.29 bits per heavy atom. The van der Waals surface area contributed by atoms with E-state index in [0.29, 0.717) is 6.42 Å². The average Bonchev–Trinajstić information content (AvgIpc) is 2.92. The lowest BCUT2D eigenvalue weighted by atomic mass is 10.0. The highest BCUT2D eigenvalue weighted by Gasteiger charge is 2.37. The first-order chi connectivity index (χ1) is 7.80. The van der Waals surface area contributed by atoms with Gasteiger partial charge in [-0.15, -0.1) is 0 Å². The number of benzene rings is 1. The Kier molecular flexibility index (Phi) is 3.12. The second kappa shape index (κ2) is 4.18. The van der Waals surface area contributed by atoms with E-state index >= 15 is 0 Å². The van der Waals surface area contributed by atoms with E-state index in [9.17, 15) is 13.2 Å². The van der Waals surface area contributed by atoms with Gasteiger partial charge in [0.1, 0.15) is 0 Å². The van der Waals surface area contributed by atoms with Crippen molar-refractivity contribution in [2.75, 3.05) is 0 Å². The van der Waals surface area contributed by atoms with Gasteiger partial charge in [0.25, 0.3) is 0 Å². The smallest absolute Gasteiger partial charge is 0.325 e. The summed E-state index contributed by atoms with van der Waals surface area (Å²) >= 11 is 5.63. The van der Waals surface area contributed by atoms with Gasteiger partial charge in [0.2, 0.25) is 0 Å². The summed E-state index contributed by atoms with van der Waals surface area (Å²) in [4.78, 5) is 0. The Morgan fingerprint density at radius 3 is 2.41 bits per heavy atom. The maximum absolute atomic E-state index is 12.5. The minimum absolute atomic E-state index is 0.0881. The van der Waals surface area contributed by atoms with Gasteiger partial charge in [-0.3, -0.25) is 0 Å². The SMILES string of the molecule is NC1(CCc2ccc(C(F)(F)F)c(Cl)c2)CC1. The first-order valence-electron chi connectivity index (χ1n) is 5.45. The van der Waals surface area contributed by atoms with Crippen molar-refractivity contribution in [3.05, 3.63) is 34.3 Å². The van der Waals surface area contributed by atoms with Crippen LogP contribution in [-0.2, 0) is 12.6 Å². The standard InChI is InChI=1S/C12H13ClF3N/c13-10-7-8(3-4-11(17)5-6-11)1-2-9(10)12(14,15)16/h1-2,7H,3-6,17H2. The summed E-state index contributed by atoms with van der Waals surface area (Å²) in [6, 6.07) is 3.89. The maximum atomic E-state index is 12.5. The van der Waals surface area contributed by atoms with E-state index < -0.39 is 11.7 Å². The lowest BCUT2D eigenvalue weighted by Gasteiger charge is -2.12. The Balaban J connectivity index is 2.08. The fourth-order valence-electron chi connectivity index (χ4n) is 1.75. The fraction of sp³-hybridized carbons (Fsp3) is 0.500. The van der Waals surface area contributed by atoms with E-state index in [1.807, 2.05) is 0 Å². The molecule has 0 bridgehead atoms. The highest BCUT2D eigenvalue weighted by atomic mass is 35.5.